The maximum Gasteiger partial charge on any atom is 0.257 e. The number of carbonyl (C=O) groups excluding carboxylic acids is 1. The summed E-state index contributed by atoms with van der Waals surface area (Å²) >= 11 is 0. The van der Waals surface area contributed by atoms with Crippen molar-refractivity contribution >= 4 is 33.4 Å². The average molecular weight is 332 g/mol. The highest BCUT2D eigenvalue weighted by Crippen LogP contribution is 2.23. The first-order valence-corrected chi connectivity index (χ1v) is 7.84. The molecule has 2 aromatic carbocycles. The van der Waals surface area contributed by atoms with Gasteiger partial charge in [-0.25, -0.2) is 0 Å². The Hall–Kier alpha value is -3.41. The van der Waals surface area contributed by atoms with E-state index in [0.29, 0.717) is 16.9 Å². The van der Waals surface area contributed by atoms with Crippen molar-refractivity contribution < 1.29 is 9.53 Å². The van der Waals surface area contributed by atoms with Crippen molar-refractivity contribution in [2.24, 2.45) is 0 Å². The molecule has 0 atom stereocenters. The van der Waals surface area contributed by atoms with Crippen LogP contribution in [0.4, 0.5) is 5.69 Å². The number of hydrogen-bond acceptors (Lipinski definition) is 4. The van der Waals surface area contributed by atoms with Crippen LogP contribution >= 0.6 is 0 Å². The minimum Gasteiger partial charge on any atom is -0.497 e. The molecule has 0 saturated carbocycles. The van der Waals surface area contributed by atoms with Crippen LogP contribution in [0.15, 0.2) is 48.7 Å². The van der Waals surface area contributed by atoms with E-state index in [1.54, 1.807) is 13.3 Å². The number of fused-ring (bicyclic) bond motifs is 2. The monoisotopic (exact) mass is 332 g/mol. The van der Waals surface area contributed by atoms with E-state index in [1.165, 1.54) is 0 Å². The number of nitrogens with zero attached hydrogens (tertiary/aromatic N) is 2. The van der Waals surface area contributed by atoms with E-state index in [1.807, 2.05) is 49.4 Å². The van der Waals surface area contributed by atoms with E-state index in [2.05, 4.69) is 20.5 Å². The molecule has 6 heteroatoms. The van der Waals surface area contributed by atoms with Crippen molar-refractivity contribution in [3.8, 4) is 5.75 Å². The molecule has 0 aliphatic carbocycles. The summed E-state index contributed by atoms with van der Waals surface area (Å²) in [5.41, 5.74) is 3.66. The fourth-order valence-electron chi connectivity index (χ4n) is 2.82. The summed E-state index contributed by atoms with van der Waals surface area (Å²) in [6, 6.07) is 13.1. The van der Waals surface area contributed by atoms with Crippen molar-refractivity contribution in [1.82, 2.24) is 15.2 Å². The first-order chi connectivity index (χ1) is 12.1. The van der Waals surface area contributed by atoms with Crippen LogP contribution in [-0.4, -0.2) is 28.2 Å². The molecule has 0 spiro atoms. The number of carbonyl (C=O) groups is 1. The standard InChI is InChI=1S/C19H16N4O2/c1-11-16(8-12-3-5-15(25-2)9-18(12)21-11)19(24)22-14-4-6-17-13(7-14)10-20-23-17/h3-10H,1-2H3,(H,20,23)(H,22,24). The molecule has 124 valence electrons. The summed E-state index contributed by atoms with van der Waals surface area (Å²) < 4.78 is 5.22. The number of rotatable bonds is 3. The van der Waals surface area contributed by atoms with E-state index in [-0.39, 0.29) is 5.91 Å². The quantitative estimate of drug-likeness (QED) is 0.600. The van der Waals surface area contributed by atoms with Gasteiger partial charge in [0.2, 0.25) is 0 Å². The number of ether oxygens (including phenoxy) is 1. The van der Waals surface area contributed by atoms with Crippen LogP contribution in [0.1, 0.15) is 16.1 Å². The molecule has 2 N–H and O–H groups in total. The van der Waals surface area contributed by atoms with Crippen molar-refractivity contribution in [3.05, 3.63) is 59.9 Å². The number of H-pyrrole nitrogens is 1. The lowest BCUT2D eigenvalue weighted by Gasteiger charge is -2.10. The third-order valence-electron chi connectivity index (χ3n) is 4.16. The molecule has 0 unspecified atom stereocenters. The molecule has 4 rings (SSSR count). The number of hydrogen-bond donors (Lipinski definition) is 2. The van der Waals surface area contributed by atoms with Gasteiger partial charge in [-0.1, -0.05) is 0 Å². The van der Waals surface area contributed by atoms with Crippen molar-refractivity contribution in [1.29, 1.82) is 0 Å². The Morgan fingerprint density at radius 3 is 2.84 bits per heavy atom. The first-order valence-electron chi connectivity index (χ1n) is 7.84. The largest absolute Gasteiger partial charge is 0.497 e. The highest BCUT2D eigenvalue weighted by Gasteiger charge is 2.13. The molecule has 2 aromatic heterocycles. The zero-order chi connectivity index (χ0) is 17.4. The van der Waals surface area contributed by atoms with Crippen molar-refractivity contribution in [3.63, 3.8) is 0 Å². The van der Waals surface area contributed by atoms with Gasteiger partial charge in [0, 0.05) is 22.5 Å². The number of pyridine rings is 1. The Balaban J connectivity index is 1.67. The van der Waals surface area contributed by atoms with Crippen LogP contribution in [0, 0.1) is 6.92 Å². The minimum absolute atomic E-state index is 0.189. The van der Waals surface area contributed by atoms with Gasteiger partial charge in [0.05, 0.1) is 35.6 Å². The average Bonchev–Trinajstić information content (AvgIpc) is 3.08. The second kappa shape index (κ2) is 5.90. The van der Waals surface area contributed by atoms with E-state index < -0.39 is 0 Å². The predicted octanol–water partition coefficient (Wildman–Crippen LogP) is 3.68. The molecular formula is C19H16N4O2. The summed E-state index contributed by atoms with van der Waals surface area (Å²) in [6.45, 7) is 1.83. The summed E-state index contributed by atoms with van der Waals surface area (Å²) in [7, 11) is 1.62. The van der Waals surface area contributed by atoms with Gasteiger partial charge >= 0.3 is 0 Å². The molecule has 0 bridgehead atoms. The zero-order valence-corrected chi connectivity index (χ0v) is 13.8. The highest BCUT2D eigenvalue weighted by molar-refractivity contribution is 6.07. The maximum absolute atomic E-state index is 12.7. The summed E-state index contributed by atoms with van der Waals surface area (Å²) in [5.74, 6) is 0.551. The third kappa shape index (κ3) is 2.78. The third-order valence-corrected chi connectivity index (χ3v) is 4.16. The van der Waals surface area contributed by atoms with Crippen LogP contribution in [0.2, 0.25) is 0 Å². The van der Waals surface area contributed by atoms with Gasteiger partial charge in [0.15, 0.2) is 0 Å². The van der Waals surface area contributed by atoms with E-state index in [0.717, 1.165) is 27.6 Å². The molecule has 0 radical (unpaired) electrons. The molecule has 2 heterocycles. The van der Waals surface area contributed by atoms with Crippen LogP contribution < -0.4 is 10.1 Å². The summed E-state index contributed by atoms with van der Waals surface area (Å²) in [6.07, 6.45) is 1.72. The van der Waals surface area contributed by atoms with Crippen molar-refractivity contribution in [2.75, 3.05) is 12.4 Å². The zero-order valence-electron chi connectivity index (χ0n) is 13.8. The number of methoxy groups -OCH3 is 1. The smallest absolute Gasteiger partial charge is 0.257 e. The molecule has 6 nitrogen and oxygen atoms in total. The Morgan fingerprint density at radius 1 is 1.12 bits per heavy atom. The van der Waals surface area contributed by atoms with Crippen LogP contribution in [0.5, 0.6) is 5.75 Å². The molecule has 1 amide bonds. The van der Waals surface area contributed by atoms with Gasteiger partial charge in [0.25, 0.3) is 5.91 Å². The molecule has 25 heavy (non-hydrogen) atoms. The summed E-state index contributed by atoms with van der Waals surface area (Å²) in [4.78, 5) is 17.2. The second-order valence-electron chi connectivity index (χ2n) is 5.81. The normalized spacial score (nSPS) is 11.0. The minimum atomic E-state index is -0.189. The van der Waals surface area contributed by atoms with Gasteiger partial charge in [0.1, 0.15) is 5.75 Å². The van der Waals surface area contributed by atoms with Gasteiger partial charge in [-0.2, -0.15) is 5.10 Å². The maximum atomic E-state index is 12.7. The molecule has 0 saturated heterocycles. The molecule has 0 aliphatic rings. The number of aromatic amines is 1. The first kappa shape index (κ1) is 15.1. The second-order valence-corrected chi connectivity index (χ2v) is 5.81. The van der Waals surface area contributed by atoms with E-state index in [9.17, 15) is 4.79 Å². The van der Waals surface area contributed by atoms with Crippen LogP contribution in [0.3, 0.4) is 0 Å². The Morgan fingerprint density at radius 2 is 2.00 bits per heavy atom. The van der Waals surface area contributed by atoms with Gasteiger partial charge < -0.3 is 10.1 Å². The topological polar surface area (TPSA) is 79.9 Å². The number of benzene rings is 2. The predicted molar refractivity (Wildman–Crippen MR) is 97.1 cm³/mol. The lowest BCUT2D eigenvalue weighted by atomic mass is 10.1. The number of aryl methyl sites for hydroxylation is 1. The fraction of sp³-hybridized carbons (Fsp3) is 0.105. The van der Waals surface area contributed by atoms with E-state index >= 15 is 0 Å². The number of amides is 1. The highest BCUT2D eigenvalue weighted by atomic mass is 16.5. The number of anilines is 1. The van der Waals surface area contributed by atoms with Crippen molar-refractivity contribution in [2.45, 2.75) is 6.92 Å². The lowest BCUT2D eigenvalue weighted by molar-refractivity contribution is 0.102. The molecule has 0 aliphatic heterocycles. The van der Waals surface area contributed by atoms with Gasteiger partial charge in [-0.05, 0) is 43.3 Å². The van der Waals surface area contributed by atoms with Gasteiger partial charge in [-0.15, -0.1) is 0 Å². The molecular weight excluding hydrogens is 316 g/mol. The lowest BCUT2D eigenvalue weighted by Crippen LogP contribution is -2.14. The molecule has 4 aromatic rings. The SMILES string of the molecule is COc1ccc2cc(C(=O)Nc3ccc4[nH]ncc4c3)c(C)nc2c1. The number of nitrogens with one attached hydrogen (secondary N) is 2. The fourth-order valence-corrected chi connectivity index (χ4v) is 2.82. The molecule has 0 fully saturated rings. The summed E-state index contributed by atoms with van der Waals surface area (Å²) in [5, 5.41) is 11.6. The number of aromatic nitrogens is 3. The Labute approximate surface area is 143 Å². The van der Waals surface area contributed by atoms with E-state index in [4.69, 9.17) is 4.74 Å². The van der Waals surface area contributed by atoms with Crippen LogP contribution in [0.25, 0.3) is 21.8 Å². The van der Waals surface area contributed by atoms with Gasteiger partial charge in [-0.3, -0.25) is 14.9 Å². The Kier molecular flexibility index (Phi) is 3.57. The Bertz CT molecular complexity index is 1100. The van der Waals surface area contributed by atoms with Crippen LogP contribution in [-0.2, 0) is 0 Å².